The number of nitrogens with one attached hydrogen (secondary N) is 1. The van der Waals surface area contributed by atoms with Crippen LogP contribution in [0, 0.1) is 20.8 Å². The van der Waals surface area contributed by atoms with Gasteiger partial charge < -0.3 is 5.32 Å². The molecular formula is C18H21N. The second-order valence-corrected chi connectivity index (χ2v) is 5.65. The molecule has 1 N–H and O–H groups in total. The van der Waals surface area contributed by atoms with Gasteiger partial charge in [0.05, 0.1) is 0 Å². The number of aryl methyl sites for hydroxylation is 3. The van der Waals surface area contributed by atoms with E-state index in [2.05, 4.69) is 62.5 Å². The minimum Gasteiger partial charge on any atom is -0.385 e. The molecule has 1 nitrogen and oxygen atoms in total. The number of hydrogen-bond donors (Lipinski definition) is 1. The summed E-state index contributed by atoms with van der Waals surface area (Å²) < 4.78 is 0. The van der Waals surface area contributed by atoms with Gasteiger partial charge in [-0.15, -0.1) is 0 Å². The molecule has 0 amide bonds. The maximum absolute atomic E-state index is 3.51. The molecule has 1 aliphatic heterocycles. The van der Waals surface area contributed by atoms with Crippen molar-refractivity contribution in [3.8, 4) is 0 Å². The van der Waals surface area contributed by atoms with Crippen LogP contribution < -0.4 is 5.32 Å². The second kappa shape index (κ2) is 4.73. The van der Waals surface area contributed by atoms with E-state index in [1.807, 2.05) is 0 Å². The van der Waals surface area contributed by atoms with Crippen molar-refractivity contribution in [3.05, 3.63) is 64.2 Å². The first-order chi connectivity index (χ1) is 9.16. The number of hydrogen-bond acceptors (Lipinski definition) is 1. The van der Waals surface area contributed by atoms with Crippen LogP contribution in [0.4, 0.5) is 5.69 Å². The van der Waals surface area contributed by atoms with Gasteiger partial charge in [0.15, 0.2) is 0 Å². The molecule has 0 spiro atoms. The summed E-state index contributed by atoms with van der Waals surface area (Å²) in [6.07, 6.45) is 1.18. The van der Waals surface area contributed by atoms with Crippen LogP contribution in [-0.4, -0.2) is 6.54 Å². The van der Waals surface area contributed by atoms with Crippen LogP contribution in [-0.2, 0) is 0 Å². The number of anilines is 1. The molecule has 0 aliphatic carbocycles. The lowest BCUT2D eigenvalue weighted by molar-refractivity contribution is 0.715. The molecule has 1 heterocycles. The van der Waals surface area contributed by atoms with Crippen LogP contribution in [0.5, 0.6) is 0 Å². The average molecular weight is 251 g/mol. The Hall–Kier alpha value is -1.76. The molecule has 3 rings (SSSR count). The fourth-order valence-electron chi connectivity index (χ4n) is 3.15. The van der Waals surface area contributed by atoms with Crippen molar-refractivity contribution in [1.29, 1.82) is 0 Å². The van der Waals surface area contributed by atoms with Gasteiger partial charge in [-0.1, -0.05) is 30.3 Å². The quantitative estimate of drug-likeness (QED) is 0.783. The zero-order valence-corrected chi connectivity index (χ0v) is 12.0. The normalized spacial score (nSPS) is 17.7. The van der Waals surface area contributed by atoms with Crippen molar-refractivity contribution >= 4 is 5.69 Å². The standard InChI is InChI=1S/C18H21N/c1-12-10-14(3)17(11-13(12)2)15-8-9-19-18-7-5-4-6-16(15)18/h4-7,10-11,15,19H,8-9H2,1-3H3. The molecule has 1 atom stereocenters. The van der Waals surface area contributed by atoms with E-state index in [0.717, 1.165) is 6.54 Å². The molecule has 0 radical (unpaired) electrons. The molecular weight excluding hydrogens is 230 g/mol. The van der Waals surface area contributed by atoms with Gasteiger partial charge in [0.1, 0.15) is 0 Å². The van der Waals surface area contributed by atoms with Gasteiger partial charge in [-0.25, -0.2) is 0 Å². The van der Waals surface area contributed by atoms with E-state index in [-0.39, 0.29) is 0 Å². The Balaban J connectivity index is 2.11. The third-order valence-corrected chi connectivity index (χ3v) is 4.34. The van der Waals surface area contributed by atoms with Gasteiger partial charge in [0, 0.05) is 18.2 Å². The first kappa shape index (κ1) is 12.3. The van der Waals surface area contributed by atoms with E-state index in [9.17, 15) is 0 Å². The summed E-state index contributed by atoms with van der Waals surface area (Å²) >= 11 is 0. The molecule has 98 valence electrons. The van der Waals surface area contributed by atoms with Crippen molar-refractivity contribution in [2.24, 2.45) is 0 Å². The predicted octanol–water partition coefficient (Wildman–Crippen LogP) is 4.56. The average Bonchev–Trinajstić information content (AvgIpc) is 2.42. The summed E-state index contributed by atoms with van der Waals surface area (Å²) in [6, 6.07) is 13.4. The Bertz CT molecular complexity index is 613. The maximum Gasteiger partial charge on any atom is 0.0379 e. The van der Waals surface area contributed by atoms with Crippen molar-refractivity contribution in [2.45, 2.75) is 33.1 Å². The highest BCUT2D eigenvalue weighted by atomic mass is 14.9. The third kappa shape index (κ3) is 2.14. The van der Waals surface area contributed by atoms with E-state index in [1.54, 1.807) is 0 Å². The van der Waals surface area contributed by atoms with Crippen molar-refractivity contribution in [3.63, 3.8) is 0 Å². The molecule has 0 saturated heterocycles. The van der Waals surface area contributed by atoms with Gasteiger partial charge in [-0.3, -0.25) is 0 Å². The Kier molecular flexibility index (Phi) is 3.06. The molecule has 1 unspecified atom stereocenters. The molecule has 2 aromatic rings. The first-order valence-electron chi connectivity index (χ1n) is 7.07. The number of fused-ring (bicyclic) bond motifs is 1. The number of benzene rings is 2. The second-order valence-electron chi connectivity index (χ2n) is 5.65. The van der Waals surface area contributed by atoms with Crippen molar-refractivity contribution in [2.75, 3.05) is 11.9 Å². The van der Waals surface area contributed by atoms with Crippen molar-refractivity contribution in [1.82, 2.24) is 0 Å². The lowest BCUT2D eigenvalue weighted by atomic mass is 9.82. The van der Waals surface area contributed by atoms with Crippen LogP contribution in [0.2, 0.25) is 0 Å². The molecule has 1 aliphatic rings. The third-order valence-electron chi connectivity index (χ3n) is 4.34. The minimum absolute atomic E-state index is 0.539. The number of para-hydroxylation sites is 1. The van der Waals surface area contributed by atoms with Crippen LogP contribution in [0.15, 0.2) is 36.4 Å². The summed E-state index contributed by atoms with van der Waals surface area (Å²) in [5, 5.41) is 3.51. The highest BCUT2D eigenvalue weighted by Crippen LogP contribution is 2.38. The summed E-state index contributed by atoms with van der Waals surface area (Å²) in [5.41, 5.74) is 8.46. The molecule has 0 aromatic heterocycles. The Morgan fingerprint density at radius 2 is 1.63 bits per heavy atom. The highest BCUT2D eigenvalue weighted by molar-refractivity contribution is 5.58. The monoisotopic (exact) mass is 251 g/mol. The van der Waals surface area contributed by atoms with Gasteiger partial charge >= 0.3 is 0 Å². The van der Waals surface area contributed by atoms with Crippen LogP contribution >= 0.6 is 0 Å². The molecule has 0 fully saturated rings. The van der Waals surface area contributed by atoms with Gasteiger partial charge in [-0.05, 0) is 61.1 Å². The minimum atomic E-state index is 0.539. The van der Waals surface area contributed by atoms with Gasteiger partial charge in [-0.2, -0.15) is 0 Å². The van der Waals surface area contributed by atoms with E-state index in [0.29, 0.717) is 5.92 Å². The van der Waals surface area contributed by atoms with Crippen molar-refractivity contribution < 1.29 is 0 Å². The Morgan fingerprint density at radius 1 is 0.895 bits per heavy atom. The van der Waals surface area contributed by atoms with Crippen LogP contribution in [0.25, 0.3) is 0 Å². The Morgan fingerprint density at radius 3 is 2.47 bits per heavy atom. The van der Waals surface area contributed by atoms with Crippen LogP contribution in [0.3, 0.4) is 0 Å². The van der Waals surface area contributed by atoms with Gasteiger partial charge in [0.2, 0.25) is 0 Å². The summed E-state index contributed by atoms with van der Waals surface area (Å²) in [4.78, 5) is 0. The molecule has 0 saturated carbocycles. The molecule has 1 heteroatoms. The fraction of sp³-hybridized carbons (Fsp3) is 0.333. The topological polar surface area (TPSA) is 12.0 Å². The fourth-order valence-corrected chi connectivity index (χ4v) is 3.15. The largest absolute Gasteiger partial charge is 0.385 e. The van der Waals surface area contributed by atoms with E-state index in [4.69, 9.17) is 0 Å². The zero-order valence-electron chi connectivity index (χ0n) is 12.0. The van der Waals surface area contributed by atoms with Crippen LogP contribution in [0.1, 0.15) is 40.2 Å². The van der Waals surface area contributed by atoms with E-state index >= 15 is 0 Å². The first-order valence-corrected chi connectivity index (χ1v) is 7.07. The maximum atomic E-state index is 3.51. The smallest absolute Gasteiger partial charge is 0.0379 e. The lowest BCUT2D eigenvalue weighted by Gasteiger charge is -2.28. The number of rotatable bonds is 1. The zero-order chi connectivity index (χ0) is 13.4. The lowest BCUT2D eigenvalue weighted by Crippen LogP contribution is -2.18. The Labute approximate surface area is 115 Å². The summed E-state index contributed by atoms with van der Waals surface area (Å²) in [5.74, 6) is 0.539. The summed E-state index contributed by atoms with van der Waals surface area (Å²) in [6.45, 7) is 7.72. The predicted molar refractivity (Wildman–Crippen MR) is 82.0 cm³/mol. The molecule has 0 bridgehead atoms. The SMILES string of the molecule is Cc1cc(C)c(C2CCNc3ccccc32)cc1C. The van der Waals surface area contributed by atoms with Gasteiger partial charge in [0.25, 0.3) is 0 Å². The highest BCUT2D eigenvalue weighted by Gasteiger charge is 2.22. The molecule has 19 heavy (non-hydrogen) atoms. The van der Waals surface area contributed by atoms with E-state index in [1.165, 1.54) is 39.9 Å². The molecule has 2 aromatic carbocycles. The van der Waals surface area contributed by atoms with E-state index < -0.39 is 0 Å². The summed E-state index contributed by atoms with van der Waals surface area (Å²) in [7, 11) is 0.